The molecule has 0 atom stereocenters. The summed E-state index contributed by atoms with van der Waals surface area (Å²) in [5.74, 6) is 3.94. The number of nitrogens with zero attached hydrogens (tertiary/aromatic N) is 11. The van der Waals surface area contributed by atoms with Crippen LogP contribution in [0.4, 0.5) is 11.9 Å². The van der Waals surface area contributed by atoms with Gasteiger partial charge in [-0.15, -0.1) is 0 Å². The van der Waals surface area contributed by atoms with Crippen LogP contribution in [0.1, 0.15) is 33.9 Å². The lowest BCUT2D eigenvalue weighted by atomic mass is 10.1. The summed E-state index contributed by atoms with van der Waals surface area (Å²) in [5, 5.41) is 19.0. The molecule has 0 aliphatic carbocycles. The summed E-state index contributed by atoms with van der Waals surface area (Å²) in [7, 11) is 6.46. The van der Waals surface area contributed by atoms with E-state index in [2.05, 4.69) is 95.4 Å². The third-order valence-electron chi connectivity index (χ3n) is 19.2. The molecular formula is C91H105N17O10S. The number of fused-ring (bicyclic) bond motifs is 5. The maximum absolute atomic E-state index is 12.7. The second-order valence-electron chi connectivity index (χ2n) is 27.6. The van der Waals surface area contributed by atoms with E-state index in [-0.39, 0.29) is 62.3 Å². The van der Waals surface area contributed by atoms with Crippen molar-refractivity contribution in [2.45, 2.75) is 76.5 Å². The van der Waals surface area contributed by atoms with Gasteiger partial charge in [0.15, 0.2) is 5.16 Å². The van der Waals surface area contributed by atoms with Crippen molar-refractivity contribution in [1.82, 2.24) is 73.9 Å². The van der Waals surface area contributed by atoms with Gasteiger partial charge in [0.2, 0.25) is 41.4 Å². The molecule has 5 aromatic heterocycles. The largest absolute Gasteiger partial charge is 0.383 e. The SMILES string of the molecule is COCCNC(=O)Cn1c(C)nc2ccccc21.COCCNC(=O)Cn1c(CCc2ccccc2)nc2ccccc21.COCCNC(=O)Cn1c(NCc2ccccc2)nc2ccccc21.COCCNC(=O)Cn1c(SCc2ccccc2)nc2ccccc21.O=C(Cn1c(NCc2ccccc2)nc2ccccc21)N1CCOCC1. The molecule has 6 heterocycles. The third kappa shape index (κ3) is 26.5. The van der Waals surface area contributed by atoms with E-state index in [4.69, 9.17) is 33.7 Å². The van der Waals surface area contributed by atoms with Crippen molar-refractivity contribution >= 4 is 108 Å². The minimum absolute atomic E-state index is 0.0267. The highest BCUT2D eigenvalue weighted by molar-refractivity contribution is 7.98. The summed E-state index contributed by atoms with van der Waals surface area (Å²) in [4.78, 5) is 86.2. The second-order valence-corrected chi connectivity index (χ2v) is 28.6. The van der Waals surface area contributed by atoms with Crippen LogP contribution >= 0.6 is 11.8 Å². The van der Waals surface area contributed by atoms with Gasteiger partial charge in [-0.25, -0.2) is 24.9 Å². The molecule has 28 heteroatoms. The fourth-order valence-electron chi connectivity index (χ4n) is 13.1. The number of carbonyl (C=O) groups is 5. The van der Waals surface area contributed by atoms with Gasteiger partial charge in [-0.05, 0) is 96.3 Å². The minimum Gasteiger partial charge on any atom is -0.383 e. The molecule has 15 rings (SSSR count). The van der Waals surface area contributed by atoms with Crippen LogP contribution < -0.4 is 31.9 Å². The number of amides is 5. The van der Waals surface area contributed by atoms with Crippen molar-refractivity contribution in [1.29, 1.82) is 0 Å². The standard InChI is InChI=1S/C20H22N4O2.C20H23N3O2.C19H22N4O2.C19H21N3O2S.C13H17N3O2/c25-19(23-10-12-26-13-11-23)15-24-18-9-5-4-8-17(18)22-20(24)21-14-16-6-2-1-3-7-16;1-25-14-13-21-20(24)15-23-18-10-6-5-9-17(18)22-19(23)12-11-16-7-3-2-4-8-16;1-25-12-11-20-18(24)14-23-17-10-6-5-9-16(17)22-19(23)21-13-15-7-3-2-4-8-15;1-24-12-11-20-18(23)13-22-17-10-6-5-9-16(17)21-19(22)25-14-15-7-3-2-4-8-15;1-10-15-11-5-3-4-6-12(11)16(10)9-13(17)14-7-8-18-2/h1-9H,10-15H2,(H,21,22);2-10H,11-15H2,1H3,(H,21,24);2-10H,11-14H2,1H3,(H,20,24)(H,21,22);2-10H,11-14H2,1H3,(H,20,23);3-6H,7-9H2,1-2H3,(H,14,17). The first kappa shape index (κ1) is 87.3. The van der Waals surface area contributed by atoms with Crippen molar-refractivity contribution in [3.05, 3.63) is 277 Å². The van der Waals surface area contributed by atoms with E-state index in [1.807, 2.05) is 229 Å². The molecule has 0 bridgehead atoms. The summed E-state index contributed by atoms with van der Waals surface area (Å²) in [6, 6.07) is 80.2. The number of methoxy groups -OCH3 is 4. The van der Waals surface area contributed by atoms with E-state index < -0.39 is 0 Å². The predicted octanol–water partition coefficient (Wildman–Crippen LogP) is 11.7. The van der Waals surface area contributed by atoms with Crippen LogP contribution in [0.15, 0.2) is 248 Å². The second kappa shape index (κ2) is 47.0. The molecule has 1 saturated heterocycles. The fourth-order valence-corrected chi connectivity index (χ4v) is 14.1. The topological polar surface area (TPSA) is 296 Å². The summed E-state index contributed by atoms with van der Waals surface area (Å²) < 4.78 is 34.9. The minimum atomic E-state index is -0.0667. The molecule has 6 N–H and O–H groups in total. The fraction of sp³-hybridized carbons (Fsp3) is 0.297. The number of aromatic nitrogens is 10. The van der Waals surface area contributed by atoms with Crippen LogP contribution in [0.5, 0.6) is 0 Å². The van der Waals surface area contributed by atoms with Gasteiger partial charge in [0.1, 0.15) is 44.4 Å². The number of benzene rings is 9. The van der Waals surface area contributed by atoms with Crippen LogP contribution in [-0.4, -0.2) is 190 Å². The van der Waals surface area contributed by atoms with Gasteiger partial charge < -0.3 is 83.3 Å². The number of morpholine rings is 1. The number of aryl methyl sites for hydroxylation is 3. The van der Waals surface area contributed by atoms with Crippen molar-refractivity contribution in [2.75, 3.05) is 118 Å². The Morgan fingerprint density at radius 3 is 1.14 bits per heavy atom. The first-order valence-corrected chi connectivity index (χ1v) is 40.7. The zero-order valence-electron chi connectivity index (χ0n) is 68.1. The number of imidazole rings is 5. The Morgan fingerprint density at radius 1 is 0.361 bits per heavy atom. The number of ether oxygens (including phenoxy) is 5. The Morgan fingerprint density at radius 2 is 0.697 bits per heavy atom. The number of nitrogens with one attached hydrogen (secondary N) is 6. The Bertz CT molecular complexity index is 5150. The summed E-state index contributed by atoms with van der Waals surface area (Å²) in [6.07, 6.45) is 1.69. The van der Waals surface area contributed by atoms with Crippen LogP contribution in [0.25, 0.3) is 55.2 Å². The average molecular weight is 1630 g/mol. The Kier molecular flexibility index (Phi) is 34.5. The van der Waals surface area contributed by atoms with Gasteiger partial charge in [0.25, 0.3) is 0 Å². The zero-order valence-corrected chi connectivity index (χ0v) is 68.9. The molecule has 620 valence electrons. The highest BCUT2D eigenvalue weighted by Crippen LogP contribution is 2.28. The van der Waals surface area contributed by atoms with Crippen molar-refractivity contribution in [3.8, 4) is 0 Å². The molecule has 0 radical (unpaired) electrons. The van der Waals surface area contributed by atoms with E-state index in [9.17, 15) is 24.0 Å². The van der Waals surface area contributed by atoms with Crippen LogP contribution in [0.3, 0.4) is 0 Å². The zero-order chi connectivity index (χ0) is 83.2. The summed E-state index contributed by atoms with van der Waals surface area (Å²) >= 11 is 1.64. The lowest BCUT2D eigenvalue weighted by Crippen LogP contribution is -2.42. The molecule has 0 saturated carbocycles. The maximum atomic E-state index is 12.7. The monoisotopic (exact) mass is 1630 g/mol. The molecule has 0 unspecified atom stereocenters. The first-order chi connectivity index (χ1) is 58.4. The Balaban J connectivity index is 0.000000146. The number of rotatable bonds is 34. The summed E-state index contributed by atoms with van der Waals surface area (Å²) in [6.45, 7) is 11.1. The van der Waals surface area contributed by atoms with Crippen molar-refractivity contribution in [2.24, 2.45) is 0 Å². The lowest BCUT2D eigenvalue weighted by Gasteiger charge is -2.27. The van der Waals surface area contributed by atoms with Crippen LogP contribution in [-0.2, 0) is 112 Å². The van der Waals surface area contributed by atoms with Crippen molar-refractivity contribution < 1.29 is 47.7 Å². The lowest BCUT2D eigenvalue weighted by molar-refractivity contribution is -0.135. The Hall–Kier alpha value is -12.6. The molecule has 1 aliphatic heterocycles. The first-order valence-electron chi connectivity index (χ1n) is 39.7. The molecule has 9 aromatic carbocycles. The molecule has 0 spiro atoms. The molecule has 27 nitrogen and oxygen atoms in total. The van der Waals surface area contributed by atoms with Crippen LogP contribution in [0, 0.1) is 6.92 Å². The van der Waals surface area contributed by atoms with E-state index in [1.54, 1.807) is 40.2 Å². The van der Waals surface area contributed by atoms with E-state index in [0.717, 1.165) is 102 Å². The quantitative estimate of drug-likeness (QED) is 0.0161. The highest BCUT2D eigenvalue weighted by Gasteiger charge is 2.22. The van der Waals surface area contributed by atoms with Gasteiger partial charge in [0, 0.05) is 93.0 Å². The van der Waals surface area contributed by atoms with Gasteiger partial charge in [-0.1, -0.05) is 194 Å². The van der Waals surface area contributed by atoms with E-state index in [0.29, 0.717) is 97.9 Å². The van der Waals surface area contributed by atoms with Crippen molar-refractivity contribution in [3.63, 3.8) is 0 Å². The molecular weight excluding hydrogens is 1520 g/mol. The van der Waals surface area contributed by atoms with Gasteiger partial charge in [-0.2, -0.15) is 0 Å². The normalized spacial score (nSPS) is 11.7. The maximum Gasteiger partial charge on any atom is 0.242 e. The van der Waals surface area contributed by atoms with E-state index >= 15 is 0 Å². The molecule has 1 fully saturated rings. The molecule has 14 aromatic rings. The number of anilines is 2. The third-order valence-corrected chi connectivity index (χ3v) is 20.2. The smallest absolute Gasteiger partial charge is 0.242 e. The van der Waals surface area contributed by atoms with Gasteiger partial charge in [0.05, 0.1) is 94.8 Å². The number of hydrogen-bond acceptors (Lipinski definition) is 18. The molecule has 1 aliphatic rings. The number of para-hydroxylation sites is 10. The predicted molar refractivity (Wildman–Crippen MR) is 468 cm³/mol. The summed E-state index contributed by atoms with van der Waals surface area (Å²) in [5.41, 5.74) is 14.2. The number of hydrogen-bond donors (Lipinski definition) is 6. The highest BCUT2D eigenvalue weighted by atomic mass is 32.2. The molecule has 5 amide bonds. The number of thioether (sulfide) groups is 1. The van der Waals surface area contributed by atoms with Crippen LogP contribution in [0.2, 0.25) is 0 Å². The van der Waals surface area contributed by atoms with Gasteiger partial charge in [-0.3, -0.25) is 24.0 Å². The van der Waals surface area contributed by atoms with E-state index in [1.165, 1.54) is 16.7 Å². The Labute approximate surface area is 697 Å². The van der Waals surface area contributed by atoms with Gasteiger partial charge >= 0.3 is 0 Å². The number of carbonyl (C=O) groups excluding carboxylic acids is 5. The molecule has 119 heavy (non-hydrogen) atoms. The average Bonchev–Trinajstić information content (AvgIpc) is 1.69.